The Morgan fingerprint density at radius 2 is 2.40 bits per heavy atom. The molecular weight excluding hydrogens is 263 g/mol. The quantitative estimate of drug-likeness (QED) is 0.704. The zero-order valence-electron chi connectivity index (χ0n) is 4.98. The van der Waals surface area contributed by atoms with E-state index in [4.69, 9.17) is 5.11 Å². The van der Waals surface area contributed by atoms with E-state index in [0.717, 1.165) is 0 Å². The van der Waals surface area contributed by atoms with Gasteiger partial charge in [-0.05, 0) is 0 Å². The maximum absolute atomic E-state index is 9.94. The van der Waals surface area contributed by atoms with E-state index in [9.17, 15) is 4.79 Å². The van der Waals surface area contributed by atoms with Gasteiger partial charge in [0.15, 0.2) is 5.82 Å². The Morgan fingerprint density at radius 3 is 2.80 bits per heavy atom. The van der Waals surface area contributed by atoms with Crippen molar-refractivity contribution in [2.24, 2.45) is 0 Å². The van der Waals surface area contributed by atoms with Crippen LogP contribution >= 0.6 is 0 Å². The molecular formula is C3H4LaN4O2. The molecule has 0 amide bonds. The molecule has 1 radical (unpaired) electrons. The fourth-order valence-corrected chi connectivity index (χ4v) is 0.393. The molecule has 1 aromatic heterocycles. The van der Waals surface area contributed by atoms with Crippen LogP contribution in [0.15, 0.2) is 0 Å². The van der Waals surface area contributed by atoms with E-state index in [0.29, 0.717) is 0 Å². The second kappa shape index (κ2) is 4.53. The molecule has 1 rings (SSSR count). The molecule has 0 atom stereocenters. The molecule has 0 saturated heterocycles. The number of carboxylic acid groups (broad SMARTS) is 1. The number of aliphatic carboxylic acids is 1. The third kappa shape index (κ3) is 3.04. The molecule has 1 heterocycles. The second-order valence-electron chi connectivity index (χ2n) is 1.40. The summed E-state index contributed by atoms with van der Waals surface area (Å²) in [4.78, 5) is 9.94. The summed E-state index contributed by atoms with van der Waals surface area (Å²) < 4.78 is 0. The maximum atomic E-state index is 9.94. The third-order valence-electron chi connectivity index (χ3n) is 0.699. The number of nitrogens with one attached hydrogen (secondary N) is 1. The van der Waals surface area contributed by atoms with Crippen molar-refractivity contribution >= 4 is 5.97 Å². The van der Waals surface area contributed by atoms with Crippen LogP contribution < -0.4 is 0 Å². The Labute approximate surface area is 84.0 Å². The Kier molecular flexibility index (Phi) is 4.41. The van der Waals surface area contributed by atoms with E-state index in [-0.39, 0.29) is 47.8 Å². The van der Waals surface area contributed by atoms with Crippen molar-refractivity contribution < 1.29 is 45.5 Å². The summed E-state index contributed by atoms with van der Waals surface area (Å²) in [6, 6.07) is 0. The van der Waals surface area contributed by atoms with Crippen LogP contribution in [-0.2, 0) is 11.2 Å². The van der Waals surface area contributed by atoms with E-state index in [1.54, 1.807) is 0 Å². The van der Waals surface area contributed by atoms with Crippen molar-refractivity contribution in [1.82, 2.24) is 20.6 Å². The largest absolute Gasteiger partial charge is 0.481 e. The van der Waals surface area contributed by atoms with E-state index in [1.807, 2.05) is 0 Å². The van der Waals surface area contributed by atoms with E-state index >= 15 is 0 Å². The maximum Gasteiger partial charge on any atom is 0.311 e. The monoisotopic (exact) mass is 267 g/mol. The zero-order chi connectivity index (χ0) is 6.69. The van der Waals surface area contributed by atoms with Crippen LogP contribution in [0.2, 0.25) is 0 Å². The minimum Gasteiger partial charge on any atom is -0.481 e. The van der Waals surface area contributed by atoms with Gasteiger partial charge in [-0.15, -0.1) is 10.2 Å². The van der Waals surface area contributed by atoms with Gasteiger partial charge >= 0.3 is 5.97 Å². The number of hydrogen-bond acceptors (Lipinski definition) is 4. The van der Waals surface area contributed by atoms with E-state index in [1.165, 1.54) is 0 Å². The van der Waals surface area contributed by atoms with E-state index < -0.39 is 5.97 Å². The van der Waals surface area contributed by atoms with Gasteiger partial charge in [0.1, 0.15) is 6.42 Å². The molecule has 7 heteroatoms. The summed E-state index contributed by atoms with van der Waals surface area (Å²) in [6.45, 7) is 0. The molecule has 51 valence electrons. The SMILES string of the molecule is O=C(O)Cc1nn[nH]n1.[La]. The number of tetrazole rings is 1. The van der Waals surface area contributed by atoms with E-state index in [2.05, 4.69) is 20.6 Å². The Balaban J connectivity index is 0.000000810. The second-order valence-corrected chi connectivity index (χ2v) is 1.40. The van der Waals surface area contributed by atoms with Crippen LogP contribution in [0.4, 0.5) is 0 Å². The number of H-pyrrole nitrogens is 1. The van der Waals surface area contributed by atoms with Gasteiger partial charge in [0.05, 0.1) is 0 Å². The fraction of sp³-hybridized carbons (Fsp3) is 0.333. The predicted octanol–water partition coefficient (Wildman–Crippen LogP) is -1.17. The van der Waals surface area contributed by atoms with Gasteiger partial charge in [-0.3, -0.25) is 4.79 Å². The van der Waals surface area contributed by atoms with Crippen LogP contribution in [0, 0.1) is 35.6 Å². The first-order valence-corrected chi connectivity index (χ1v) is 2.23. The Morgan fingerprint density at radius 1 is 1.70 bits per heavy atom. The van der Waals surface area contributed by atoms with Crippen LogP contribution in [0.3, 0.4) is 0 Å². The number of carboxylic acids is 1. The van der Waals surface area contributed by atoms with Gasteiger partial charge in [-0.25, -0.2) is 0 Å². The summed E-state index contributed by atoms with van der Waals surface area (Å²) in [6.07, 6.45) is -0.184. The number of carbonyl (C=O) groups is 1. The number of hydrogen-bond donors (Lipinski definition) is 2. The molecule has 0 bridgehead atoms. The van der Waals surface area contributed by atoms with Gasteiger partial charge in [0, 0.05) is 35.6 Å². The number of aromatic nitrogens is 4. The van der Waals surface area contributed by atoms with Crippen LogP contribution in [0.1, 0.15) is 5.82 Å². The van der Waals surface area contributed by atoms with Gasteiger partial charge in [-0.1, -0.05) is 5.21 Å². The first-order valence-electron chi connectivity index (χ1n) is 2.23. The van der Waals surface area contributed by atoms with Crippen LogP contribution in [0.25, 0.3) is 0 Å². The molecule has 1 aromatic rings. The molecule has 0 spiro atoms. The fourth-order valence-electron chi connectivity index (χ4n) is 0.393. The summed E-state index contributed by atoms with van der Waals surface area (Å²) in [5.74, 6) is -0.765. The molecule has 0 aliphatic rings. The van der Waals surface area contributed by atoms with Crippen molar-refractivity contribution in [1.29, 1.82) is 0 Å². The molecule has 0 fully saturated rings. The number of nitrogens with zero attached hydrogens (tertiary/aromatic N) is 3. The van der Waals surface area contributed by atoms with Gasteiger partial charge < -0.3 is 5.11 Å². The molecule has 0 aliphatic carbocycles. The normalized spacial score (nSPS) is 8.40. The summed E-state index contributed by atoms with van der Waals surface area (Å²) in [5, 5.41) is 20.3. The standard InChI is InChI=1S/C3H4N4O2.La/c8-3(9)1-2-4-6-7-5-2;/h1H2,(H,8,9)(H,4,5,6,7);. The molecule has 10 heavy (non-hydrogen) atoms. The number of rotatable bonds is 2. The average molecular weight is 267 g/mol. The molecule has 6 nitrogen and oxygen atoms in total. The Hall–Kier alpha value is -0.265. The van der Waals surface area contributed by atoms with Gasteiger partial charge in [-0.2, -0.15) is 5.21 Å². The summed E-state index contributed by atoms with van der Waals surface area (Å²) >= 11 is 0. The molecule has 0 unspecified atom stereocenters. The van der Waals surface area contributed by atoms with Crippen molar-refractivity contribution in [2.45, 2.75) is 6.42 Å². The topological polar surface area (TPSA) is 91.8 Å². The first kappa shape index (κ1) is 9.73. The van der Waals surface area contributed by atoms with Gasteiger partial charge in [0.25, 0.3) is 0 Å². The van der Waals surface area contributed by atoms with Crippen molar-refractivity contribution in [3.05, 3.63) is 5.82 Å². The van der Waals surface area contributed by atoms with Crippen molar-refractivity contribution in [2.75, 3.05) is 0 Å². The predicted molar refractivity (Wildman–Crippen MR) is 25.5 cm³/mol. The smallest absolute Gasteiger partial charge is 0.311 e. The van der Waals surface area contributed by atoms with Gasteiger partial charge in [0.2, 0.25) is 0 Å². The molecule has 0 aromatic carbocycles. The summed E-state index contributed by atoms with van der Waals surface area (Å²) in [5.41, 5.74) is 0. The van der Waals surface area contributed by atoms with Crippen molar-refractivity contribution in [3.63, 3.8) is 0 Å². The minimum absolute atomic E-state index is 0. The number of aromatic amines is 1. The van der Waals surface area contributed by atoms with Crippen LogP contribution in [0.5, 0.6) is 0 Å². The van der Waals surface area contributed by atoms with Crippen molar-refractivity contribution in [3.8, 4) is 0 Å². The zero-order valence-corrected chi connectivity index (χ0v) is 8.61. The summed E-state index contributed by atoms with van der Waals surface area (Å²) in [7, 11) is 0. The minimum atomic E-state index is -0.962. The molecule has 2 N–H and O–H groups in total. The Bertz CT molecular complexity index is 198. The molecule has 0 saturated carbocycles. The third-order valence-corrected chi connectivity index (χ3v) is 0.699. The first-order chi connectivity index (χ1) is 4.29. The average Bonchev–Trinajstić information content (AvgIpc) is 2.15. The molecule has 0 aliphatic heterocycles. The van der Waals surface area contributed by atoms with Crippen LogP contribution in [-0.4, -0.2) is 31.7 Å².